The van der Waals surface area contributed by atoms with Crippen LogP contribution in [-0.4, -0.2) is 22.5 Å². The molecule has 1 rings (SSSR count). The van der Waals surface area contributed by atoms with Gasteiger partial charge in [0.1, 0.15) is 6.04 Å². The van der Waals surface area contributed by atoms with Gasteiger partial charge in [0.15, 0.2) is 0 Å². The molecule has 72 valence electrons. The molecule has 1 fully saturated rings. The van der Waals surface area contributed by atoms with E-state index in [0.717, 1.165) is 0 Å². The molecule has 1 unspecified atom stereocenters. The van der Waals surface area contributed by atoms with Gasteiger partial charge in [-0.1, -0.05) is 12.8 Å². The van der Waals surface area contributed by atoms with E-state index in [1.807, 2.05) is 0 Å². The lowest BCUT2D eigenvalue weighted by atomic mass is 10.4. The molecule has 0 aromatic heterocycles. The number of halogens is 1. The molecule has 4 heteroatoms. The second-order valence-corrected chi connectivity index (χ2v) is 3.63. The van der Waals surface area contributed by atoms with Crippen LogP contribution in [0.5, 0.6) is 0 Å². The number of carboxylic acid groups (broad SMARTS) is 1. The Kier molecular flexibility index (Phi) is 6.11. The van der Waals surface area contributed by atoms with Crippen molar-refractivity contribution in [2.24, 2.45) is 5.73 Å². The summed E-state index contributed by atoms with van der Waals surface area (Å²) in [5.41, 5.74) is 4.84. The predicted octanol–water partition coefficient (Wildman–Crippen LogP) is 1.59. The average molecular weight is 194 g/mol. The first-order chi connectivity index (χ1) is 5.54. The van der Waals surface area contributed by atoms with Gasteiger partial charge in [0.25, 0.3) is 0 Å². The molecule has 0 saturated heterocycles. The van der Waals surface area contributed by atoms with Crippen LogP contribution in [-0.2, 0) is 4.79 Å². The highest BCUT2D eigenvalue weighted by Crippen LogP contribution is 2.22. The average Bonchev–Trinajstić information content (AvgIpc) is 2.40. The van der Waals surface area contributed by atoms with Crippen LogP contribution in [0.2, 0.25) is 0 Å². The first kappa shape index (κ1) is 11.7. The Morgan fingerprint density at radius 2 is 1.92 bits per heavy atom. The van der Waals surface area contributed by atoms with E-state index < -0.39 is 12.0 Å². The standard InChI is InChI=1S/C5H9Cl.C3H7NO2/c6-5-3-1-2-4-5;1-2(4)3(5)6/h5H,1-4H2;2H,4H2,1H3,(H,5,6). The second-order valence-electron chi connectivity index (χ2n) is 3.01. The van der Waals surface area contributed by atoms with Gasteiger partial charge in [-0.2, -0.15) is 0 Å². The molecule has 1 saturated carbocycles. The zero-order chi connectivity index (χ0) is 9.56. The molecule has 0 aromatic carbocycles. The van der Waals surface area contributed by atoms with E-state index in [9.17, 15) is 4.79 Å². The van der Waals surface area contributed by atoms with Gasteiger partial charge in [0.05, 0.1) is 0 Å². The van der Waals surface area contributed by atoms with E-state index >= 15 is 0 Å². The number of rotatable bonds is 1. The van der Waals surface area contributed by atoms with Crippen LogP contribution in [0.15, 0.2) is 0 Å². The van der Waals surface area contributed by atoms with Gasteiger partial charge in [0, 0.05) is 5.38 Å². The summed E-state index contributed by atoms with van der Waals surface area (Å²) in [6.07, 6.45) is 5.21. The third-order valence-corrected chi connectivity index (χ3v) is 2.11. The van der Waals surface area contributed by atoms with Gasteiger partial charge in [-0.3, -0.25) is 4.79 Å². The van der Waals surface area contributed by atoms with Crippen molar-refractivity contribution >= 4 is 17.6 Å². The van der Waals surface area contributed by atoms with Crippen LogP contribution in [0.25, 0.3) is 0 Å². The Labute approximate surface area is 77.9 Å². The second kappa shape index (κ2) is 6.26. The van der Waals surface area contributed by atoms with E-state index in [4.69, 9.17) is 22.4 Å². The van der Waals surface area contributed by atoms with E-state index in [2.05, 4.69) is 0 Å². The number of hydrogen-bond acceptors (Lipinski definition) is 2. The summed E-state index contributed by atoms with van der Waals surface area (Å²) in [5, 5.41) is 8.38. The Morgan fingerprint density at radius 3 is 2.00 bits per heavy atom. The largest absolute Gasteiger partial charge is 0.480 e. The van der Waals surface area contributed by atoms with Crippen LogP contribution >= 0.6 is 11.6 Å². The minimum atomic E-state index is -0.963. The van der Waals surface area contributed by atoms with Crippen molar-refractivity contribution in [1.29, 1.82) is 0 Å². The molecule has 0 radical (unpaired) electrons. The highest BCUT2D eigenvalue weighted by Gasteiger charge is 2.09. The number of aliphatic carboxylic acids is 1. The molecule has 0 spiro atoms. The molecule has 0 aromatic rings. The quantitative estimate of drug-likeness (QED) is 0.622. The highest BCUT2D eigenvalue weighted by molar-refractivity contribution is 6.20. The van der Waals surface area contributed by atoms with Crippen LogP contribution in [0.3, 0.4) is 0 Å². The summed E-state index contributed by atoms with van der Waals surface area (Å²) < 4.78 is 0. The predicted molar refractivity (Wildman–Crippen MR) is 49.4 cm³/mol. The normalized spacial score (nSPS) is 19.6. The molecule has 0 bridgehead atoms. The van der Waals surface area contributed by atoms with Crippen molar-refractivity contribution in [2.45, 2.75) is 44.0 Å². The zero-order valence-corrected chi connectivity index (χ0v) is 8.05. The number of nitrogens with two attached hydrogens (primary N) is 1. The van der Waals surface area contributed by atoms with E-state index in [0.29, 0.717) is 5.38 Å². The maximum atomic E-state index is 9.57. The summed E-state index contributed by atoms with van der Waals surface area (Å²) in [6, 6.07) is -0.731. The lowest BCUT2D eigenvalue weighted by Gasteiger charge is -1.90. The van der Waals surface area contributed by atoms with Gasteiger partial charge in [0.2, 0.25) is 0 Å². The SMILES string of the molecule is CC(N)C(=O)O.ClC1CCCC1. The molecule has 12 heavy (non-hydrogen) atoms. The lowest BCUT2D eigenvalue weighted by molar-refractivity contribution is -0.138. The fraction of sp³-hybridized carbons (Fsp3) is 0.875. The lowest BCUT2D eigenvalue weighted by Crippen LogP contribution is -2.25. The Morgan fingerprint density at radius 1 is 1.58 bits per heavy atom. The fourth-order valence-electron chi connectivity index (χ4n) is 0.876. The van der Waals surface area contributed by atoms with Crippen LogP contribution in [0, 0.1) is 0 Å². The first-order valence-corrected chi connectivity index (χ1v) is 4.60. The highest BCUT2D eigenvalue weighted by atomic mass is 35.5. The summed E-state index contributed by atoms with van der Waals surface area (Å²) in [7, 11) is 0. The third-order valence-electron chi connectivity index (χ3n) is 1.67. The van der Waals surface area contributed by atoms with Crippen LogP contribution in [0.1, 0.15) is 32.6 Å². The summed E-state index contributed by atoms with van der Waals surface area (Å²) in [4.78, 5) is 9.57. The van der Waals surface area contributed by atoms with Crippen molar-refractivity contribution in [2.75, 3.05) is 0 Å². The van der Waals surface area contributed by atoms with Crippen molar-refractivity contribution in [3.63, 3.8) is 0 Å². The zero-order valence-electron chi connectivity index (χ0n) is 7.29. The van der Waals surface area contributed by atoms with Gasteiger partial charge >= 0.3 is 5.97 Å². The molecule has 1 aliphatic rings. The monoisotopic (exact) mass is 193 g/mol. The van der Waals surface area contributed by atoms with E-state index in [1.54, 1.807) is 0 Å². The molecular weight excluding hydrogens is 178 g/mol. The summed E-state index contributed by atoms with van der Waals surface area (Å²) in [5.74, 6) is -0.963. The minimum absolute atomic E-state index is 0.519. The molecule has 0 amide bonds. The first-order valence-electron chi connectivity index (χ1n) is 4.16. The van der Waals surface area contributed by atoms with Gasteiger partial charge in [-0.05, 0) is 19.8 Å². The van der Waals surface area contributed by atoms with Crippen LogP contribution < -0.4 is 5.73 Å². The van der Waals surface area contributed by atoms with E-state index in [1.165, 1.54) is 32.6 Å². The topological polar surface area (TPSA) is 63.3 Å². The molecule has 0 aliphatic heterocycles. The molecule has 0 heterocycles. The summed E-state index contributed by atoms with van der Waals surface area (Å²) in [6.45, 7) is 1.42. The molecule has 1 atom stereocenters. The number of carbonyl (C=O) groups is 1. The number of hydrogen-bond donors (Lipinski definition) is 2. The summed E-state index contributed by atoms with van der Waals surface area (Å²) >= 11 is 5.71. The third kappa shape index (κ3) is 6.43. The number of carboxylic acids is 1. The minimum Gasteiger partial charge on any atom is -0.480 e. The van der Waals surface area contributed by atoms with Crippen molar-refractivity contribution in [1.82, 2.24) is 0 Å². The fourth-order valence-corrected chi connectivity index (χ4v) is 1.18. The van der Waals surface area contributed by atoms with Gasteiger partial charge in [-0.25, -0.2) is 0 Å². The molecule has 3 N–H and O–H groups in total. The van der Waals surface area contributed by atoms with Crippen molar-refractivity contribution in [3.05, 3.63) is 0 Å². The molecular formula is C8H16ClNO2. The smallest absolute Gasteiger partial charge is 0.320 e. The van der Waals surface area contributed by atoms with Crippen molar-refractivity contribution < 1.29 is 9.90 Å². The Bertz CT molecular complexity index is 133. The van der Waals surface area contributed by atoms with Gasteiger partial charge < -0.3 is 10.8 Å². The number of alkyl halides is 1. The van der Waals surface area contributed by atoms with E-state index in [-0.39, 0.29) is 0 Å². The maximum Gasteiger partial charge on any atom is 0.320 e. The Balaban J connectivity index is 0.000000202. The maximum absolute atomic E-state index is 9.57. The Hall–Kier alpha value is -0.280. The molecule has 3 nitrogen and oxygen atoms in total. The van der Waals surface area contributed by atoms with Gasteiger partial charge in [-0.15, -0.1) is 11.6 Å². The van der Waals surface area contributed by atoms with Crippen LogP contribution in [0.4, 0.5) is 0 Å². The van der Waals surface area contributed by atoms with Crippen molar-refractivity contribution in [3.8, 4) is 0 Å². The molecule has 1 aliphatic carbocycles.